The van der Waals surface area contributed by atoms with Crippen LogP contribution in [0.4, 0.5) is 5.00 Å². The average molecular weight is 310 g/mol. The van der Waals surface area contributed by atoms with Gasteiger partial charge in [0.05, 0.1) is 5.56 Å². The van der Waals surface area contributed by atoms with Gasteiger partial charge in [0.25, 0.3) is 5.91 Å². The molecule has 1 aromatic carbocycles. The lowest BCUT2D eigenvalue weighted by Crippen LogP contribution is -2.13. The number of anilines is 1. The predicted molar refractivity (Wildman–Crippen MR) is 89.4 cm³/mol. The van der Waals surface area contributed by atoms with Crippen molar-refractivity contribution < 1.29 is 4.79 Å². The van der Waals surface area contributed by atoms with E-state index in [0.717, 1.165) is 30.4 Å². The molecule has 0 radical (unpaired) electrons. The highest BCUT2D eigenvalue weighted by molar-refractivity contribution is 7.16. The van der Waals surface area contributed by atoms with Gasteiger partial charge in [-0.2, -0.15) is 5.26 Å². The van der Waals surface area contributed by atoms with Gasteiger partial charge >= 0.3 is 0 Å². The Morgan fingerprint density at radius 2 is 2.18 bits per heavy atom. The Hall–Kier alpha value is -2.12. The fourth-order valence-electron chi connectivity index (χ4n) is 2.96. The van der Waals surface area contributed by atoms with Gasteiger partial charge in [0, 0.05) is 10.4 Å². The number of carbonyl (C=O) groups is 1. The van der Waals surface area contributed by atoms with E-state index in [1.165, 1.54) is 4.88 Å². The van der Waals surface area contributed by atoms with Crippen LogP contribution in [-0.4, -0.2) is 5.91 Å². The maximum Gasteiger partial charge on any atom is 0.256 e. The zero-order valence-corrected chi connectivity index (χ0v) is 13.6. The van der Waals surface area contributed by atoms with Gasteiger partial charge in [-0.3, -0.25) is 4.79 Å². The van der Waals surface area contributed by atoms with Crippen molar-refractivity contribution in [3.05, 3.63) is 51.4 Å². The Balaban J connectivity index is 1.92. The standard InChI is InChI=1S/C18H18N2OS/c1-11-7-8-14-15(10-19)18(22-16(14)9-11)20-17(21)13-6-4-3-5-12(13)2/h3-6,11H,7-9H2,1-2H3,(H,20,21). The second-order valence-electron chi connectivity index (χ2n) is 5.94. The summed E-state index contributed by atoms with van der Waals surface area (Å²) in [5, 5.41) is 13.1. The van der Waals surface area contributed by atoms with Gasteiger partial charge in [0.2, 0.25) is 0 Å². The van der Waals surface area contributed by atoms with Crippen molar-refractivity contribution in [2.75, 3.05) is 5.32 Å². The molecule has 1 aliphatic rings. The molecule has 2 aromatic rings. The quantitative estimate of drug-likeness (QED) is 0.899. The van der Waals surface area contributed by atoms with Crippen LogP contribution < -0.4 is 5.32 Å². The molecule has 1 aliphatic carbocycles. The number of nitrogens with one attached hydrogen (secondary N) is 1. The number of amides is 1. The molecule has 3 nitrogen and oxygen atoms in total. The normalized spacial score (nSPS) is 16.7. The van der Waals surface area contributed by atoms with Crippen LogP contribution in [0.15, 0.2) is 24.3 Å². The van der Waals surface area contributed by atoms with E-state index in [1.54, 1.807) is 11.3 Å². The lowest BCUT2D eigenvalue weighted by molar-refractivity contribution is 0.102. The fraction of sp³-hybridized carbons (Fsp3) is 0.333. The molecule has 0 saturated carbocycles. The molecule has 1 N–H and O–H groups in total. The topological polar surface area (TPSA) is 52.9 Å². The van der Waals surface area contributed by atoms with Crippen molar-refractivity contribution in [1.82, 2.24) is 0 Å². The van der Waals surface area contributed by atoms with E-state index in [0.29, 0.717) is 22.0 Å². The Kier molecular flexibility index (Phi) is 4.00. The number of nitrogens with zero attached hydrogens (tertiary/aromatic N) is 1. The van der Waals surface area contributed by atoms with Gasteiger partial charge in [-0.15, -0.1) is 11.3 Å². The van der Waals surface area contributed by atoms with Gasteiger partial charge < -0.3 is 5.32 Å². The first-order valence-electron chi connectivity index (χ1n) is 7.51. The number of hydrogen-bond acceptors (Lipinski definition) is 3. The van der Waals surface area contributed by atoms with E-state index < -0.39 is 0 Å². The summed E-state index contributed by atoms with van der Waals surface area (Å²) in [5.74, 6) is 0.513. The number of benzene rings is 1. The lowest BCUT2D eigenvalue weighted by Gasteiger charge is -2.17. The summed E-state index contributed by atoms with van der Waals surface area (Å²) in [5.41, 5.74) is 3.40. The number of nitriles is 1. The number of rotatable bonds is 2. The first kappa shape index (κ1) is 14.8. The van der Waals surface area contributed by atoms with Crippen molar-refractivity contribution in [2.24, 2.45) is 5.92 Å². The highest BCUT2D eigenvalue weighted by atomic mass is 32.1. The zero-order valence-electron chi connectivity index (χ0n) is 12.8. The summed E-state index contributed by atoms with van der Waals surface area (Å²) in [6.45, 7) is 4.15. The number of hydrogen-bond donors (Lipinski definition) is 1. The number of carbonyl (C=O) groups excluding carboxylic acids is 1. The van der Waals surface area contributed by atoms with Crippen LogP contribution in [-0.2, 0) is 12.8 Å². The molecule has 3 rings (SSSR count). The van der Waals surface area contributed by atoms with Gasteiger partial charge in [-0.25, -0.2) is 0 Å². The number of fused-ring (bicyclic) bond motifs is 1. The van der Waals surface area contributed by atoms with Crippen LogP contribution in [0.2, 0.25) is 0 Å². The molecule has 112 valence electrons. The van der Waals surface area contributed by atoms with Crippen LogP contribution in [0, 0.1) is 24.2 Å². The van der Waals surface area contributed by atoms with Crippen LogP contribution in [0.3, 0.4) is 0 Å². The van der Waals surface area contributed by atoms with Crippen LogP contribution in [0.1, 0.15) is 45.3 Å². The minimum atomic E-state index is -0.138. The number of aryl methyl sites for hydroxylation is 1. The van der Waals surface area contributed by atoms with E-state index in [-0.39, 0.29) is 5.91 Å². The Bertz CT molecular complexity index is 770. The fourth-order valence-corrected chi connectivity index (χ4v) is 4.31. The van der Waals surface area contributed by atoms with Crippen molar-refractivity contribution in [1.29, 1.82) is 5.26 Å². The molecule has 0 aliphatic heterocycles. The van der Waals surface area contributed by atoms with Crippen LogP contribution in [0.5, 0.6) is 0 Å². The molecule has 1 aromatic heterocycles. The van der Waals surface area contributed by atoms with Crippen molar-refractivity contribution in [3.8, 4) is 6.07 Å². The second-order valence-corrected chi connectivity index (χ2v) is 7.04. The summed E-state index contributed by atoms with van der Waals surface area (Å²) in [6.07, 6.45) is 3.06. The highest BCUT2D eigenvalue weighted by Crippen LogP contribution is 2.39. The molecule has 1 unspecified atom stereocenters. The van der Waals surface area contributed by atoms with Crippen molar-refractivity contribution in [2.45, 2.75) is 33.1 Å². The molecule has 0 saturated heterocycles. The largest absolute Gasteiger partial charge is 0.312 e. The maximum absolute atomic E-state index is 12.5. The smallest absolute Gasteiger partial charge is 0.256 e. The van der Waals surface area contributed by atoms with E-state index in [4.69, 9.17) is 0 Å². The minimum absolute atomic E-state index is 0.138. The molecule has 1 amide bonds. The molecule has 4 heteroatoms. The molecule has 0 bridgehead atoms. The van der Waals surface area contributed by atoms with Gasteiger partial charge in [0.15, 0.2) is 0 Å². The van der Waals surface area contributed by atoms with Gasteiger partial charge in [0.1, 0.15) is 11.1 Å². The monoisotopic (exact) mass is 310 g/mol. The summed E-state index contributed by atoms with van der Waals surface area (Å²) in [6, 6.07) is 9.79. The Labute approximate surface area is 134 Å². The van der Waals surface area contributed by atoms with Crippen LogP contribution in [0.25, 0.3) is 0 Å². The highest BCUT2D eigenvalue weighted by Gasteiger charge is 2.25. The first-order chi connectivity index (χ1) is 10.6. The third-order valence-electron chi connectivity index (χ3n) is 4.24. The molecule has 0 spiro atoms. The van der Waals surface area contributed by atoms with E-state index in [2.05, 4.69) is 18.3 Å². The molecule has 1 heterocycles. The van der Waals surface area contributed by atoms with Gasteiger partial charge in [-0.1, -0.05) is 25.1 Å². The molecular weight excluding hydrogens is 292 g/mol. The van der Waals surface area contributed by atoms with E-state index in [1.807, 2.05) is 31.2 Å². The van der Waals surface area contributed by atoms with E-state index >= 15 is 0 Å². The molecule has 0 fully saturated rings. The minimum Gasteiger partial charge on any atom is -0.312 e. The summed E-state index contributed by atoms with van der Waals surface area (Å²) in [7, 11) is 0. The molecule has 22 heavy (non-hydrogen) atoms. The zero-order chi connectivity index (χ0) is 15.7. The average Bonchev–Trinajstić information content (AvgIpc) is 2.83. The third kappa shape index (κ3) is 2.65. The van der Waals surface area contributed by atoms with Gasteiger partial charge in [-0.05, 0) is 49.3 Å². The predicted octanol–water partition coefficient (Wildman–Crippen LogP) is 4.31. The molecular formula is C18H18N2OS. The second kappa shape index (κ2) is 5.94. The summed E-state index contributed by atoms with van der Waals surface area (Å²) in [4.78, 5) is 13.7. The number of thiophene rings is 1. The Morgan fingerprint density at radius 1 is 1.41 bits per heavy atom. The third-order valence-corrected chi connectivity index (χ3v) is 5.41. The van der Waals surface area contributed by atoms with Crippen molar-refractivity contribution >= 4 is 22.2 Å². The maximum atomic E-state index is 12.5. The lowest BCUT2D eigenvalue weighted by atomic mass is 9.88. The van der Waals surface area contributed by atoms with Crippen LogP contribution >= 0.6 is 11.3 Å². The van der Waals surface area contributed by atoms with E-state index in [9.17, 15) is 10.1 Å². The molecule has 1 atom stereocenters. The summed E-state index contributed by atoms with van der Waals surface area (Å²) >= 11 is 1.56. The Morgan fingerprint density at radius 3 is 2.91 bits per heavy atom. The first-order valence-corrected chi connectivity index (χ1v) is 8.33. The van der Waals surface area contributed by atoms with Crippen molar-refractivity contribution in [3.63, 3.8) is 0 Å². The SMILES string of the molecule is Cc1ccccc1C(=O)Nc1sc2c(c1C#N)CCC(C)C2. The summed E-state index contributed by atoms with van der Waals surface area (Å²) < 4.78 is 0.